The fourth-order valence-corrected chi connectivity index (χ4v) is 8.69. The molecular weight excluding hydrogens is 470 g/mol. The zero-order chi connectivity index (χ0) is 22.0. The maximum absolute atomic E-state index is 12.9. The lowest BCUT2D eigenvalue weighted by Gasteiger charge is -2.47. The van der Waals surface area contributed by atoms with Crippen LogP contribution >= 0.6 is 46.4 Å². The summed E-state index contributed by atoms with van der Waals surface area (Å²) >= 11 is 24.8. The van der Waals surface area contributed by atoms with Crippen molar-refractivity contribution in [3.8, 4) is 0 Å². The van der Waals surface area contributed by atoms with Crippen molar-refractivity contribution in [2.24, 2.45) is 5.41 Å². The number of carbonyl (C=O) groups is 2. The molecule has 1 aliphatic rings. The molecule has 1 saturated heterocycles. The van der Waals surface area contributed by atoms with Crippen molar-refractivity contribution in [3.63, 3.8) is 0 Å². The van der Waals surface area contributed by atoms with Crippen LogP contribution in [0.4, 0.5) is 0 Å². The van der Waals surface area contributed by atoms with Gasteiger partial charge in [0.1, 0.15) is 0 Å². The van der Waals surface area contributed by atoms with E-state index in [1.54, 1.807) is 0 Å². The Hall–Kier alpha value is 0.237. The minimum absolute atomic E-state index is 0.00673. The second kappa shape index (κ2) is 9.58. The molecule has 0 bridgehead atoms. The van der Waals surface area contributed by atoms with Gasteiger partial charge in [-0.15, -0.1) is 11.6 Å². The number of hydrogen-bond acceptors (Lipinski definition) is 6. The minimum atomic E-state index is -2.92. The lowest BCUT2D eigenvalue weighted by Crippen LogP contribution is -2.59. The van der Waals surface area contributed by atoms with Gasteiger partial charge in [-0.25, -0.2) is 0 Å². The Morgan fingerprint density at radius 1 is 1.00 bits per heavy atom. The van der Waals surface area contributed by atoms with Crippen molar-refractivity contribution < 1.29 is 27.9 Å². The van der Waals surface area contributed by atoms with Gasteiger partial charge in [-0.2, -0.15) is 0 Å². The molecule has 6 nitrogen and oxygen atoms in total. The van der Waals surface area contributed by atoms with Crippen molar-refractivity contribution in [1.29, 1.82) is 0 Å². The van der Waals surface area contributed by atoms with Gasteiger partial charge < -0.3 is 18.3 Å². The van der Waals surface area contributed by atoms with Crippen molar-refractivity contribution >= 4 is 66.9 Å². The number of carbonyl (C=O) groups excluding carboxylic acids is 2. The van der Waals surface area contributed by atoms with Gasteiger partial charge in [0.05, 0.1) is 32.8 Å². The number of alkyl halides is 4. The molecule has 11 heteroatoms. The van der Waals surface area contributed by atoms with Crippen LogP contribution in [0.1, 0.15) is 40.5 Å². The van der Waals surface area contributed by atoms with E-state index in [1.807, 2.05) is 27.7 Å². The van der Waals surface area contributed by atoms with Crippen LogP contribution in [0, 0.1) is 5.41 Å². The number of hydrogen-bond donors (Lipinski definition) is 0. The largest absolute Gasteiger partial charge is 0.469 e. The Bertz CT molecular complexity index is 574. The van der Waals surface area contributed by atoms with E-state index in [4.69, 9.17) is 64.7 Å². The van der Waals surface area contributed by atoms with E-state index in [1.165, 1.54) is 14.2 Å². The molecule has 0 aromatic heterocycles. The zero-order valence-electron chi connectivity index (χ0n) is 16.9. The predicted molar refractivity (Wildman–Crippen MR) is 112 cm³/mol. The highest BCUT2D eigenvalue weighted by molar-refractivity contribution is 6.70. The van der Waals surface area contributed by atoms with Gasteiger partial charge in [0.15, 0.2) is 8.67 Å². The average molecular weight is 498 g/mol. The molecule has 0 radical (unpaired) electrons. The summed E-state index contributed by atoms with van der Waals surface area (Å²) in [5, 5.41) is 0. The van der Waals surface area contributed by atoms with Crippen LogP contribution in [0.2, 0.25) is 11.1 Å². The molecule has 1 aliphatic heterocycles. The molecule has 0 unspecified atom stereocenters. The van der Waals surface area contributed by atoms with Crippen molar-refractivity contribution in [2.45, 2.75) is 60.3 Å². The third kappa shape index (κ3) is 5.68. The first-order valence-corrected chi connectivity index (χ1v) is 12.4. The molecule has 0 spiro atoms. The van der Waals surface area contributed by atoms with E-state index in [-0.39, 0.29) is 37.1 Å². The first-order chi connectivity index (χ1) is 12.7. The highest BCUT2D eigenvalue weighted by atomic mass is 35.6. The topological polar surface area (TPSA) is 71.1 Å². The van der Waals surface area contributed by atoms with Gasteiger partial charge in [0.2, 0.25) is 0 Å². The summed E-state index contributed by atoms with van der Waals surface area (Å²) in [6.45, 7) is 7.53. The quantitative estimate of drug-likeness (QED) is 0.310. The maximum atomic E-state index is 12.9. The van der Waals surface area contributed by atoms with Gasteiger partial charge in [0, 0.05) is 6.42 Å². The molecule has 0 saturated carbocycles. The fourth-order valence-electron chi connectivity index (χ4n) is 3.72. The van der Waals surface area contributed by atoms with Crippen molar-refractivity contribution in [1.82, 2.24) is 0 Å². The summed E-state index contributed by atoms with van der Waals surface area (Å²) in [5.41, 5.74) is -1.46. The first kappa shape index (κ1) is 26.3. The summed E-state index contributed by atoms with van der Waals surface area (Å²) in [7, 11) is -0.482. The predicted octanol–water partition coefficient (Wildman–Crippen LogP) is 4.76. The van der Waals surface area contributed by atoms with Crippen LogP contribution < -0.4 is 0 Å². The highest BCUT2D eigenvalue weighted by Gasteiger charge is 2.59. The van der Waals surface area contributed by atoms with E-state index < -0.39 is 34.6 Å². The molecule has 0 aromatic carbocycles. The zero-order valence-corrected chi connectivity index (χ0v) is 21.0. The highest BCUT2D eigenvalue weighted by Crippen LogP contribution is 2.49. The summed E-state index contributed by atoms with van der Waals surface area (Å²) in [6, 6.07) is 0. The maximum Gasteiger partial charge on any atom is 0.343 e. The van der Waals surface area contributed by atoms with Crippen LogP contribution in [0.15, 0.2) is 0 Å². The van der Waals surface area contributed by atoms with E-state index in [0.717, 1.165) is 0 Å². The minimum Gasteiger partial charge on any atom is -0.469 e. The van der Waals surface area contributed by atoms with E-state index >= 15 is 0 Å². The smallest absolute Gasteiger partial charge is 0.343 e. The summed E-state index contributed by atoms with van der Waals surface area (Å²) in [5.74, 6) is -1.41. The second-order valence-electron chi connectivity index (χ2n) is 7.81. The van der Waals surface area contributed by atoms with E-state index in [9.17, 15) is 9.59 Å². The average Bonchev–Trinajstić information content (AvgIpc) is 2.56. The Morgan fingerprint density at radius 2 is 1.46 bits per heavy atom. The normalized spacial score (nSPS) is 28.6. The molecular formula is C17H28Cl4O6Si. The van der Waals surface area contributed by atoms with Crippen LogP contribution in [0.5, 0.6) is 0 Å². The molecule has 2 atom stereocenters. The Labute approximate surface area is 187 Å². The first-order valence-electron chi connectivity index (χ1n) is 8.88. The summed E-state index contributed by atoms with van der Waals surface area (Å²) in [4.78, 5) is 23.8. The van der Waals surface area contributed by atoms with Gasteiger partial charge in [-0.1, -0.05) is 62.5 Å². The molecule has 164 valence electrons. The lowest BCUT2D eigenvalue weighted by molar-refractivity contribution is -0.161. The Kier molecular flexibility index (Phi) is 8.99. The molecule has 0 amide bonds. The third-order valence-electron chi connectivity index (χ3n) is 5.04. The van der Waals surface area contributed by atoms with Crippen molar-refractivity contribution in [3.05, 3.63) is 0 Å². The van der Waals surface area contributed by atoms with E-state index in [2.05, 4.69) is 0 Å². The molecule has 0 aromatic rings. The molecule has 1 fully saturated rings. The molecule has 0 N–H and O–H groups in total. The summed E-state index contributed by atoms with van der Waals surface area (Å²) < 4.78 is 20.6. The van der Waals surface area contributed by atoms with Gasteiger partial charge in [-0.05, 0) is 17.5 Å². The van der Waals surface area contributed by atoms with Gasteiger partial charge in [-0.3, -0.25) is 9.59 Å². The summed E-state index contributed by atoms with van der Waals surface area (Å²) in [6.07, 6.45) is -0.473. The number of rotatable bonds is 5. The van der Waals surface area contributed by atoms with Crippen LogP contribution in [0.25, 0.3) is 0 Å². The van der Waals surface area contributed by atoms with E-state index in [0.29, 0.717) is 0 Å². The SMILES string of the molecule is COC(=O)[C@]1(Cl)CO[Si](C(C)C)(C(C)C)OC[C@](CC(Cl)(Cl)Cl)(C(=O)OC)C1. The fraction of sp³-hybridized carbons (Fsp3) is 0.882. The molecule has 28 heavy (non-hydrogen) atoms. The number of ether oxygens (including phenoxy) is 2. The Morgan fingerprint density at radius 3 is 1.86 bits per heavy atom. The Balaban J connectivity index is 3.61. The standard InChI is InChI=1S/C17H28Cl4O6Si/c1-11(2)28(12(3)4)26-9-15(13(22)24-5,8-17(19,20)21)7-16(18,10-27-28)14(23)25-6/h11-12H,7-10H2,1-6H3/t15-,16+/m0/s1. The number of methoxy groups -OCH3 is 2. The van der Waals surface area contributed by atoms with Crippen LogP contribution in [-0.2, 0) is 27.9 Å². The molecule has 1 rings (SSSR count). The third-order valence-corrected chi connectivity index (χ3v) is 10.2. The molecule has 1 heterocycles. The van der Waals surface area contributed by atoms with Gasteiger partial charge in [0.25, 0.3) is 0 Å². The van der Waals surface area contributed by atoms with Gasteiger partial charge >= 0.3 is 20.5 Å². The number of halogens is 4. The second-order valence-corrected chi connectivity index (χ2v) is 15.4. The van der Waals surface area contributed by atoms with Crippen LogP contribution in [-0.4, -0.2) is 56.6 Å². The van der Waals surface area contributed by atoms with Crippen LogP contribution in [0.3, 0.4) is 0 Å². The molecule has 0 aliphatic carbocycles. The lowest BCUT2D eigenvalue weighted by atomic mass is 9.77. The van der Waals surface area contributed by atoms with Crippen molar-refractivity contribution in [2.75, 3.05) is 27.4 Å². The number of esters is 2. The monoisotopic (exact) mass is 496 g/mol.